The number of halogens is 1. The van der Waals surface area contributed by atoms with Gasteiger partial charge in [-0.3, -0.25) is 4.90 Å². The molecular formula is C26H35ClN2O6. The molecule has 0 spiro atoms. The summed E-state index contributed by atoms with van der Waals surface area (Å²) in [6.45, 7) is 6.58. The zero-order valence-electron chi connectivity index (χ0n) is 20.4. The number of anilines is 1. The normalized spacial score (nSPS) is 11.6. The van der Waals surface area contributed by atoms with Crippen LogP contribution in [0.5, 0.6) is 5.75 Å². The van der Waals surface area contributed by atoms with Crippen LogP contribution in [0.3, 0.4) is 0 Å². The molecule has 0 bridgehead atoms. The smallest absolute Gasteiger partial charge is 0.333 e. The SMILES string of the molecule is CCCOCCCN(C(=O)NCCOc1ccc(CC(OCC)C(=O)O)cc1)c1ccc(Cl)cc1. The van der Waals surface area contributed by atoms with Gasteiger partial charge in [-0.05, 0) is 61.7 Å². The summed E-state index contributed by atoms with van der Waals surface area (Å²) >= 11 is 5.99. The van der Waals surface area contributed by atoms with Crippen LogP contribution < -0.4 is 15.0 Å². The third-order valence-electron chi connectivity index (χ3n) is 5.04. The molecule has 0 aromatic heterocycles. The molecule has 0 saturated carbocycles. The molecule has 1 unspecified atom stereocenters. The van der Waals surface area contributed by atoms with Gasteiger partial charge in [0.15, 0.2) is 6.10 Å². The minimum Gasteiger partial charge on any atom is -0.492 e. The van der Waals surface area contributed by atoms with Crippen LogP contribution in [-0.2, 0) is 20.7 Å². The maximum atomic E-state index is 12.8. The maximum Gasteiger partial charge on any atom is 0.333 e. The molecule has 2 aromatic carbocycles. The molecule has 8 nitrogen and oxygen atoms in total. The number of ether oxygens (including phenoxy) is 3. The van der Waals surface area contributed by atoms with Crippen LogP contribution in [0, 0.1) is 0 Å². The van der Waals surface area contributed by atoms with Crippen LogP contribution in [0.2, 0.25) is 5.02 Å². The number of carbonyl (C=O) groups excluding carboxylic acids is 1. The summed E-state index contributed by atoms with van der Waals surface area (Å²) in [5.41, 5.74) is 1.60. The second-order valence-corrected chi connectivity index (χ2v) is 8.24. The van der Waals surface area contributed by atoms with E-state index in [0.29, 0.717) is 50.1 Å². The summed E-state index contributed by atoms with van der Waals surface area (Å²) in [5.74, 6) is -0.349. The zero-order chi connectivity index (χ0) is 25.5. The highest BCUT2D eigenvalue weighted by Gasteiger charge is 2.18. The molecule has 2 amide bonds. The standard InChI is InChI=1S/C26H35ClN2O6/c1-3-16-33-17-5-15-29(22-10-8-21(27)9-11-22)26(32)28-14-18-35-23-12-6-20(7-13-23)19-24(25(30)31)34-4-2/h6-13,24H,3-5,14-19H2,1-2H3,(H,28,32)(H,30,31). The van der Waals surface area contributed by atoms with Crippen LogP contribution in [0.1, 0.15) is 32.3 Å². The van der Waals surface area contributed by atoms with Crippen molar-refractivity contribution < 1.29 is 28.9 Å². The molecular weight excluding hydrogens is 472 g/mol. The van der Waals surface area contributed by atoms with Crippen molar-refractivity contribution in [1.29, 1.82) is 0 Å². The van der Waals surface area contributed by atoms with Crippen LogP contribution in [0.4, 0.5) is 10.5 Å². The van der Waals surface area contributed by atoms with E-state index in [9.17, 15) is 14.7 Å². The van der Waals surface area contributed by atoms with Crippen LogP contribution in [-0.4, -0.2) is 62.7 Å². The van der Waals surface area contributed by atoms with E-state index >= 15 is 0 Å². The van der Waals surface area contributed by atoms with Crippen molar-refractivity contribution in [2.24, 2.45) is 0 Å². The molecule has 2 aromatic rings. The number of carboxylic acids is 1. The second kappa shape index (κ2) is 16.0. The average Bonchev–Trinajstić information content (AvgIpc) is 2.85. The Hall–Kier alpha value is -2.81. The molecule has 0 heterocycles. The predicted octanol–water partition coefficient (Wildman–Crippen LogP) is 4.78. The fraction of sp³-hybridized carbons (Fsp3) is 0.462. The van der Waals surface area contributed by atoms with Crippen LogP contribution in [0.15, 0.2) is 48.5 Å². The summed E-state index contributed by atoms with van der Waals surface area (Å²) < 4.78 is 16.5. The van der Waals surface area contributed by atoms with Gasteiger partial charge in [0, 0.05) is 43.5 Å². The molecule has 0 fully saturated rings. The lowest BCUT2D eigenvalue weighted by Gasteiger charge is -2.23. The van der Waals surface area contributed by atoms with Gasteiger partial charge in [0.1, 0.15) is 12.4 Å². The van der Waals surface area contributed by atoms with Crippen molar-refractivity contribution in [3.8, 4) is 5.75 Å². The largest absolute Gasteiger partial charge is 0.492 e. The van der Waals surface area contributed by atoms with Crippen LogP contribution in [0.25, 0.3) is 0 Å². The minimum atomic E-state index is -0.982. The molecule has 0 saturated heterocycles. The summed E-state index contributed by atoms with van der Waals surface area (Å²) in [4.78, 5) is 25.7. The fourth-order valence-corrected chi connectivity index (χ4v) is 3.44. The van der Waals surface area contributed by atoms with E-state index < -0.39 is 12.1 Å². The molecule has 35 heavy (non-hydrogen) atoms. The van der Waals surface area contributed by atoms with Gasteiger partial charge in [-0.15, -0.1) is 0 Å². The third-order valence-corrected chi connectivity index (χ3v) is 5.29. The number of rotatable bonds is 16. The summed E-state index contributed by atoms with van der Waals surface area (Å²) in [7, 11) is 0. The number of aliphatic carboxylic acids is 1. The number of nitrogens with one attached hydrogen (secondary N) is 1. The van der Waals surface area contributed by atoms with E-state index in [2.05, 4.69) is 12.2 Å². The van der Waals surface area contributed by atoms with Gasteiger partial charge in [0.25, 0.3) is 0 Å². The van der Waals surface area contributed by atoms with Crippen molar-refractivity contribution in [3.05, 3.63) is 59.1 Å². The quantitative estimate of drug-likeness (QED) is 0.318. The molecule has 0 aliphatic carbocycles. The topological polar surface area (TPSA) is 97.3 Å². The third kappa shape index (κ3) is 10.5. The fourth-order valence-electron chi connectivity index (χ4n) is 3.32. The van der Waals surface area contributed by atoms with Crippen molar-refractivity contribution in [3.63, 3.8) is 0 Å². The Balaban J connectivity index is 1.83. The molecule has 9 heteroatoms. The zero-order valence-corrected chi connectivity index (χ0v) is 21.1. The highest BCUT2D eigenvalue weighted by atomic mass is 35.5. The van der Waals surface area contributed by atoms with Gasteiger partial charge in [-0.2, -0.15) is 0 Å². The van der Waals surface area contributed by atoms with E-state index in [1.807, 2.05) is 24.3 Å². The Labute approximate surface area is 212 Å². The predicted molar refractivity (Wildman–Crippen MR) is 137 cm³/mol. The Morgan fingerprint density at radius 3 is 2.37 bits per heavy atom. The minimum absolute atomic E-state index is 0.225. The number of carbonyl (C=O) groups is 2. The van der Waals surface area contributed by atoms with Gasteiger partial charge in [0.2, 0.25) is 0 Å². The Morgan fingerprint density at radius 2 is 1.74 bits per heavy atom. The van der Waals surface area contributed by atoms with Crippen molar-refractivity contribution in [2.45, 2.75) is 39.2 Å². The van der Waals surface area contributed by atoms with Crippen molar-refractivity contribution in [2.75, 3.05) is 44.4 Å². The molecule has 2 rings (SSSR count). The number of carboxylic acid groups (broad SMARTS) is 1. The molecule has 192 valence electrons. The maximum absolute atomic E-state index is 12.8. The summed E-state index contributed by atoms with van der Waals surface area (Å²) in [5, 5.41) is 12.7. The lowest BCUT2D eigenvalue weighted by atomic mass is 10.1. The highest BCUT2D eigenvalue weighted by molar-refractivity contribution is 6.30. The van der Waals surface area contributed by atoms with Gasteiger partial charge in [-0.25, -0.2) is 9.59 Å². The van der Waals surface area contributed by atoms with Gasteiger partial charge in [0.05, 0.1) is 6.54 Å². The lowest BCUT2D eigenvalue weighted by molar-refractivity contribution is -0.149. The number of hydrogen-bond donors (Lipinski definition) is 2. The molecule has 2 N–H and O–H groups in total. The van der Waals surface area contributed by atoms with E-state index in [-0.39, 0.29) is 19.1 Å². The number of nitrogens with zero attached hydrogens (tertiary/aromatic N) is 1. The molecule has 0 radical (unpaired) electrons. The monoisotopic (exact) mass is 506 g/mol. The average molecular weight is 507 g/mol. The molecule has 1 atom stereocenters. The number of hydrogen-bond acceptors (Lipinski definition) is 5. The summed E-state index contributed by atoms with van der Waals surface area (Å²) in [6, 6.07) is 14.1. The lowest BCUT2D eigenvalue weighted by Crippen LogP contribution is -2.42. The van der Waals surface area contributed by atoms with Gasteiger partial charge in [-0.1, -0.05) is 30.7 Å². The Morgan fingerprint density at radius 1 is 1.03 bits per heavy atom. The first-order valence-corrected chi connectivity index (χ1v) is 12.3. The van der Waals surface area contributed by atoms with E-state index in [1.165, 1.54) is 0 Å². The van der Waals surface area contributed by atoms with Crippen molar-refractivity contribution in [1.82, 2.24) is 5.32 Å². The van der Waals surface area contributed by atoms with Crippen molar-refractivity contribution >= 4 is 29.3 Å². The number of amides is 2. The Bertz CT molecular complexity index is 892. The highest BCUT2D eigenvalue weighted by Crippen LogP contribution is 2.19. The molecule has 0 aliphatic heterocycles. The number of urea groups is 1. The first kappa shape index (κ1) is 28.4. The van der Waals surface area contributed by atoms with E-state index in [1.54, 1.807) is 36.1 Å². The molecule has 0 aliphatic rings. The van der Waals surface area contributed by atoms with E-state index in [4.69, 9.17) is 25.8 Å². The Kier molecular flexibility index (Phi) is 13.0. The first-order chi connectivity index (χ1) is 16.9. The second-order valence-electron chi connectivity index (χ2n) is 7.80. The van der Waals surface area contributed by atoms with Gasteiger partial charge >= 0.3 is 12.0 Å². The number of benzene rings is 2. The summed E-state index contributed by atoms with van der Waals surface area (Å²) in [6.07, 6.45) is 1.08. The van der Waals surface area contributed by atoms with Crippen LogP contribution >= 0.6 is 11.6 Å². The first-order valence-electron chi connectivity index (χ1n) is 11.9. The van der Waals surface area contributed by atoms with Gasteiger partial charge < -0.3 is 24.6 Å². The van der Waals surface area contributed by atoms with E-state index in [0.717, 1.165) is 17.7 Å².